The summed E-state index contributed by atoms with van der Waals surface area (Å²) in [5.41, 5.74) is -0.00943. The second-order valence-corrected chi connectivity index (χ2v) is 4.40. The van der Waals surface area contributed by atoms with E-state index in [0.29, 0.717) is 3.57 Å². The Morgan fingerprint density at radius 3 is 2.67 bits per heavy atom. The standard InChI is InChI=1S/C9H6Cl2FIO2/c1-2-15-9(14)4-3-5(12)7(11)8(13)6(4)10/h3H,2H2,1H3. The van der Waals surface area contributed by atoms with Gasteiger partial charge in [-0.15, -0.1) is 0 Å². The zero-order valence-electron chi connectivity index (χ0n) is 7.61. The fourth-order valence-electron chi connectivity index (χ4n) is 0.930. The molecule has 0 aliphatic heterocycles. The molecular formula is C9H6Cl2FIO2. The van der Waals surface area contributed by atoms with E-state index in [1.165, 1.54) is 0 Å². The maximum absolute atomic E-state index is 13.2. The van der Waals surface area contributed by atoms with E-state index in [0.717, 1.165) is 6.07 Å². The smallest absolute Gasteiger partial charge is 0.339 e. The lowest BCUT2D eigenvalue weighted by atomic mass is 10.2. The monoisotopic (exact) mass is 362 g/mol. The molecule has 0 aliphatic rings. The largest absolute Gasteiger partial charge is 0.462 e. The maximum Gasteiger partial charge on any atom is 0.339 e. The van der Waals surface area contributed by atoms with Crippen LogP contribution < -0.4 is 0 Å². The Morgan fingerprint density at radius 2 is 2.13 bits per heavy atom. The Bertz CT molecular complexity index is 410. The molecule has 0 heterocycles. The number of halogens is 4. The number of carbonyl (C=O) groups is 1. The Balaban J connectivity index is 3.26. The molecule has 0 bridgehead atoms. The van der Waals surface area contributed by atoms with Crippen LogP contribution in [0.3, 0.4) is 0 Å². The third kappa shape index (κ3) is 2.73. The van der Waals surface area contributed by atoms with Gasteiger partial charge in [0.15, 0.2) is 0 Å². The van der Waals surface area contributed by atoms with Crippen LogP contribution in [0.1, 0.15) is 17.3 Å². The minimum absolute atomic E-state index is 0.00943. The van der Waals surface area contributed by atoms with Gasteiger partial charge in [0.05, 0.1) is 25.8 Å². The first-order chi connectivity index (χ1) is 6.99. The van der Waals surface area contributed by atoms with Crippen LogP contribution in [-0.2, 0) is 4.74 Å². The van der Waals surface area contributed by atoms with Gasteiger partial charge in [0, 0.05) is 0 Å². The normalized spacial score (nSPS) is 10.2. The van der Waals surface area contributed by atoms with Gasteiger partial charge < -0.3 is 4.74 Å². The van der Waals surface area contributed by atoms with E-state index >= 15 is 0 Å². The predicted molar refractivity (Wildman–Crippen MR) is 65.1 cm³/mol. The van der Waals surface area contributed by atoms with Gasteiger partial charge in [-0.05, 0) is 35.6 Å². The van der Waals surface area contributed by atoms with E-state index in [-0.39, 0.29) is 22.2 Å². The fourth-order valence-corrected chi connectivity index (χ4v) is 1.90. The van der Waals surface area contributed by atoms with Crippen molar-refractivity contribution in [1.29, 1.82) is 0 Å². The van der Waals surface area contributed by atoms with Gasteiger partial charge in [0.25, 0.3) is 0 Å². The number of hydrogen-bond acceptors (Lipinski definition) is 2. The van der Waals surface area contributed by atoms with Gasteiger partial charge in [-0.25, -0.2) is 9.18 Å². The SMILES string of the molecule is CCOC(=O)c1cc(F)c(Cl)c(I)c1Cl. The van der Waals surface area contributed by atoms with Crippen molar-refractivity contribution in [2.75, 3.05) is 6.61 Å². The summed E-state index contributed by atoms with van der Waals surface area (Å²) in [6.45, 7) is 1.86. The van der Waals surface area contributed by atoms with E-state index in [9.17, 15) is 9.18 Å². The number of rotatable bonds is 2. The fraction of sp³-hybridized carbons (Fsp3) is 0.222. The highest BCUT2D eigenvalue weighted by molar-refractivity contribution is 14.1. The van der Waals surface area contributed by atoms with Crippen LogP contribution in [0.4, 0.5) is 4.39 Å². The van der Waals surface area contributed by atoms with E-state index in [4.69, 9.17) is 27.9 Å². The Labute approximate surface area is 110 Å². The first-order valence-corrected chi connectivity index (χ1v) is 5.82. The molecule has 0 aromatic heterocycles. The highest BCUT2D eigenvalue weighted by Gasteiger charge is 2.19. The third-order valence-electron chi connectivity index (χ3n) is 1.60. The van der Waals surface area contributed by atoms with Crippen molar-refractivity contribution in [2.45, 2.75) is 6.92 Å². The summed E-state index contributed by atoms with van der Waals surface area (Å²) in [4.78, 5) is 11.4. The molecule has 0 spiro atoms. The molecule has 82 valence electrons. The number of carbonyl (C=O) groups excluding carboxylic acids is 1. The minimum atomic E-state index is -0.687. The van der Waals surface area contributed by atoms with E-state index in [2.05, 4.69) is 0 Å². The van der Waals surface area contributed by atoms with E-state index in [1.54, 1.807) is 29.5 Å². The first kappa shape index (κ1) is 13.0. The lowest BCUT2D eigenvalue weighted by Crippen LogP contribution is -2.07. The molecule has 15 heavy (non-hydrogen) atoms. The number of ether oxygens (including phenoxy) is 1. The van der Waals surface area contributed by atoms with Crippen LogP contribution >= 0.6 is 45.8 Å². The first-order valence-electron chi connectivity index (χ1n) is 3.99. The summed E-state index contributed by atoms with van der Waals surface area (Å²) in [7, 11) is 0. The Morgan fingerprint density at radius 1 is 1.53 bits per heavy atom. The molecule has 0 aliphatic carbocycles. The lowest BCUT2D eigenvalue weighted by Gasteiger charge is -2.07. The van der Waals surface area contributed by atoms with Crippen molar-refractivity contribution in [2.24, 2.45) is 0 Å². The number of hydrogen-bond donors (Lipinski definition) is 0. The molecule has 0 unspecified atom stereocenters. The third-order valence-corrected chi connectivity index (χ3v) is 4.08. The highest BCUT2D eigenvalue weighted by Crippen LogP contribution is 2.32. The summed E-state index contributed by atoms with van der Waals surface area (Å²) in [6.07, 6.45) is 0. The molecule has 0 saturated carbocycles. The van der Waals surface area contributed by atoms with Crippen LogP contribution in [0.2, 0.25) is 10.0 Å². The van der Waals surface area contributed by atoms with Gasteiger partial charge in [0.2, 0.25) is 0 Å². The molecule has 0 radical (unpaired) electrons. The molecule has 1 rings (SSSR count). The predicted octanol–water partition coefficient (Wildman–Crippen LogP) is 3.91. The average Bonchev–Trinajstić information content (AvgIpc) is 2.20. The molecule has 1 aromatic carbocycles. The Hall–Kier alpha value is -0.0700. The van der Waals surface area contributed by atoms with Gasteiger partial charge in [-0.1, -0.05) is 23.2 Å². The molecule has 0 fully saturated rings. The zero-order chi connectivity index (χ0) is 11.6. The molecule has 0 saturated heterocycles. The second kappa shape index (κ2) is 5.32. The molecular weight excluding hydrogens is 357 g/mol. The lowest BCUT2D eigenvalue weighted by molar-refractivity contribution is 0.0526. The van der Waals surface area contributed by atoms with Crippen molar-refractivity contribution in [3.05, 3.63) is 31.1 Å². The summed E-state index contributed by atoms with van der Waals surface area (Å²) < 4.78 is 18.2. The van der Waals surface area contributed by atoms with E-state index in [1.807, 2.05) is 0 Å². The summed E-state index contributed by atoms with van der Waals surface area (Å²) in [6, 6.07) is 0.977. The maximum atomic E-state index is 13.2. The number of benzene rings is 1. The molecule has 2 nitrogen and oxygen atoms in total. The summed E-state index contributed by atoms with van der Waals surface area (Å²) in [5, 5.41) is 0.0223. The molecule has 6 heteroatoms. The van der Waals surface area contributed by atoms with Gasteiger partial charge >= 0.3 is 5.97 Å². The van der Waals surface area contributed by atoms with E-state index < -0.39 is 11.8 Å². The van der Waals surface area contributed by atoms with Crippen LogP contribution in [0.25, 0.3) is 0 Å². The average molecular weight is 363 g/mol. The molecule has 0 N–H and O–H groups in total. The zero-order valence-corrected chi connectivity index (χ0v) is 11.3. The van der Waals surface area contributed by atoms with Gasteiger partial charge in [0.1, 0.15) is 5.82 Å². The van der Waals surface area contributed by atoms with Crippen LogP contribution in [0.5, 0.6) is 0 Å². The second-order valence-electron chi connectivity index (χ2n) is 2.57. The summed E-state index contributed by atoms with van der Waals surface area (Å²) >= 11 is 13.2. The summed E-state index contributed by atoms with van der Waals surface area (Å²) in [5.74, 6) is -1.34. The quantitative estimate of drug-likeness (QED) is 0.345. The van der Waals surface area contributed by atoms with Crippen LogP contribution in [0, 0.1) is 9.39 Å². The topological polar surface area (TPSA) is 26.3 Å². The molecule has 1 aromatic rings. The van der Waals surface area contributed by atoms with Crippen LogP contribution in [-0.4, -0.2) is 12.6 Å². The number of esters is 1. The van der Waals surface area contributed by atoms with Crippen molar-refractivity contribution in [3.63, 3.8) is 0 Å². The molecule has 0 atom stereocenters. The van der Waals surface area contributed by atoms with Gasteiger partial charge in [-0.2, -0.15) is 0 Å². The molecule has 0 amide bonds. The minimum Gasteiger partial charge on any atom is -0.462 e. The highest BCUT2D eigenvalue weighted by atomic mass is 127. The van der Waals surface area contributed by atoms with Crippen molar-refractivity contribution >= 4 is 51.8 Å². The van der Waals surface area contributed by atoms with Crippen molar-refractivity contribution in [1.82, 2.24) is 0 Å². The van der Waals surface area contributed by atoms with Gasteiger partial charge in [-0.3, -0.25) is 0 Å². The van der Waals surface area contributed by atoms with Crippen molar-refractivity contribution < 1.29 is 13.9 Å². The van der Waals surface area contributed by atoms with Crippen LogP contribution in [0.15, 0.2) is 6.07 Å². The Kier molecular flexibility index (Phi) is 4.61. The van der Waals surface area contributed by atoms with Crippen molar-refractivity contribution in [3.8, 4) is 0 Å².